The third kappa shape index (κ3) is 1.61. The van der Waals surface area contributed by atoms with Crippen molar-refractivity contribution < 1.29 is 0 Å². The summed E-state index contributed by atoms with van der Waals surface area (Å²) in [6.07, 6.45) is 2.43. The van der Waals surface area contributed by atoms with E-state index in [9.17, 15) is 0 Å². The van der Waals surface area contributed by atoms with Gasteiger partial charge in [-0.2, -0.15) is 0 Å². The summed E-state index contributed by atoms with van der Waals surface area (Å²) < 4.78 is 0. The molecule has 1 fully saturated rings. The first-order valence-corrected chi connectivity index (χ1v) is 5.89. The maximum absolute atomic E-state index is 6.17. The van der Waals surface area contributed by atoms with Crippen LogP contribution in [-0.4, -0.2) is 23.1 Å². The highest BCUT2D eigenvalue weighted by Crippen LogP contribution is 2.27. The smallest absolute Gasteiger partial charge is 0.172 e. The number of fused-ring (bicyclic) bond motifs is 1. The number of nitrogens with zero attached hydrogens (tertiary/aromatic N) is 3. The van der Waals surface area contributed by atoms with Gasteiger partial charge in [0.25, 0.3) is 0 Å². The van der Waals surface area contributed by atoms with E-state index in [0.29, 0.717) is 5.15 Å². The van der Waals surface area contributed by atoms with E-state index in [2.05, 4.69) is 14.9 Å². The predicted octanol–water partition coefficient (Wildman–Crippen LogP) is 2.88. The molecule has 3 nitrogen and oxygen atoms in total. The van der Waals surface area contributed by atoms with Crippen LogP contribution in [0.4, 0.5) is 5.82 Å². The van der Waals surface area contributed by atoms with Crippen molar-refractivity contribution in [2.45, 2.75) is 12.8 Å². The van der Waals surface area contributed by atoms with Gasteiger partial charge >= 0.3 is 0 Å². The Balaban J connectivity index is 2.13. The van der Waals surface area contributed by atoms with E-state index in [-0.39, 0.29) is 0 Å². The van der Waals surface area contributed by atoms with Crippen molar-refractivity contribution in [2.75, 3.05) is 18.0 Å². The molecule has 0 atom stereocenters. The van der Waals surface area contributed by atoms with E-state index in [1.54, 1.807) is 0 Å². The highest BCUT2D eigenvalue weighted by Gasteiger charge is 2.17. The molecule has 0 bridgehead atoms. The average molecular weight is 234 g/mol. The van der Waals surface area contributed by atoms with Crippen LogP contribution in [0.2, 0.25) is 5.15 Å². The summed E-state index contributed by atoms with van der Waals surface area (Å²) in [5.74, 6) is 0.831. The Kier molecular flexibility index (Phi) is 2.40. The molecule has 0 unspecified atom stereocenters. The first kappa shape index (κ1) is 9.85. The average Bonchev–Trinajstić information content (AvgIpc) is 2.81. The molecule has 0 radical (unpaired) electrons. The Morgan fingerprint density at radius 2 is 1.62 bits per heavy atom. The standard InChI is InChI=1S/C12H12ClN3/c13-11-12(16-7-3-4-8-16)15-10-6-2-1-5-9(10)14-11/h1-2,5-6H,3-4,7-8H2. The van der Waals surface area contributed by atoms with Crippen LogP contribution in [-0.2, 0) is 0 Å². The van der Waals surface area contributed by atoms with Gasteiger partial charge < -0.3 is 4.90 Å². The number of hydrogen-bond donors (Lipinski definition) is 0. The van der Waals surface area contributed by atoms with E-state index in [1.807, 2.05) is 24.3 Å². The number of halogens is 1. The molecule has 0 saturated carbocycles. The summed E-state index contributed by atoms with van der Waals surface area (Å²) in [5, 5.41) is 0.514. The number of hydrogen-bond acceptors (Lipinski definition) is 3. The number of aromatic nitrogens is 2. The van der Waals surface area contributed by atoms with Gasteiger partial charge in [0.15, 0.2) is 11.0 Å². The van der Waals surface area contributed by atoms with Crippen molar-refractivity contribution in [1.29, 1.82) is 0 Å². The largest absolute Gasteiger partial charge is 0.354 e. The van der Waals surface area contributed by atoms with Gasteiger partial charge in [-0.3, -0.25) is 0 Å². The van der Waals surface area contributed by atoms with E-state index >= 15 is 0 Å². The molecule has 3 rings (SSSR count). The SMILES string of the molecule is Clc1nc2ccccc2nc1N1CCCC1. The lowest BCUT2D eigenvalue weighted by atomic mass is 10.3. The zero-order valence-corrected chi connectivity index (χ0v) is 9.61. The van der Waals surface area contributed by atoms with Crippen LogP contribution < -0.4 is 4.90 Å². The molecule has 1 saturated heterocycles. The first-order chi connectivity index (χ1) is 7.84. The van der Waals surface area contributed by atoms with Crippen LogP contribution >= 0.6 is 11.6 Å². The fourth-order valence-electron chi connectivity index (χ4n) is 2.10. The Morgan fingerprint density at radius 3 is 2.31 bits per heavy atom. The molecule has 1 aliphatic heterocycles. The molecule has 2 aromatic rings. The molecule has 2 heterocycles. The quantitative estimate of drug-likeness (QED) is 0.759. The third-order valence-corrected chi connectivity index (χ3v) is 3.17. The lowest BCUT2D eigenvalue weighted by Crippen LogP contribution is -2.19. The molecule has 1 aromatic carbocycles. The van der Waals surface area contributed by atoms with Crippen molar-refractivity contribution in [1.82, 2.24) is 9.97 Å². The zero-order valence-electron chi connectivity index (χ0n) is 8.86. The van der Waals surface area contributed by atoms with Crippen LogP contribution in [0.15, 0.2) is 24.3 Å². The molecule has 0 spiro atoms. The Bertz CT molecular complexity index is 521. The van der Waals surface area contributed by atoms with Gasteiger partial charge in [-0.05, 0) is 25.0 Å². The van der Waals surface area contributed by atoms with Crippen molar-refractivity contribution in [3.63, 3.8) is 0 Å². The number of rotatable bonds is 1. The van der Waals surface area contributed by atoms with E-state index < -0.39 is 0 Å². The van der Waals surface area contributed by atoms with Gasteiger partial charge in [0, 0.05) is 13.1 Å². The highest BCUT2D eigenvalue weighted by atomic mass is 35.5. The number of para-hydroxylation sites is 2. The maximum Gasteiger partial charge on any atom is 0.172 e. The first-order valence-electron chi connectivity index (χ1n) is 5.52. The van der Waals surface area contributed by atoms with Crippen LogP contribution in [0, 0.1) is 0 Å². The predicted molar refractivity (Wildman–Crippen MR) is 66.0 cm³/mol. The molecular formula is C12H12ClN3. The summed E-state index contributed by atoms with van der Waals surface area (Å²) in [7, 11) is 0. The van der Waals surface area contributed by atoms with Crippen molar-refractivity contribution in [3.05, 3.63) is 29.4 Å². The van der Waals surface area contributed by atoms with Gasteiger partial charge in [-0.25, -0.2) is 9.97 Å². The van der Waals surface area contributed by atoms with Crippen LogP contribution in [0.5, 0.6) is 0 Å². The van der Waals surface area contributed by atoms with Crippen LogP contribution in [0.1, 0.15) is 12.8 Å². The second-order valence-electron chi connectivity index (χ2n) is 4.02. The summed E-state index contributed by atoms with van der Waals surface area (Å²) in [4.78, 5) is 11.2. The fraction of sp³-hybridized carbons (Fsp3) is 0.333. The molecule has 4 heteroatoms. The lowest BCUT2D eigenvalue weighted by molar-refractivity contribution is 0.937. The number of anilines is 1. The Hall–Kier alpha value is -1.35. The minimum Gasteiger partial charge on any atom is -0.354 e. The minimum absolute atomic E-state index is 0.514. The Labute approximate surface area is 99.1 Å². The minimum atomic E-state index is 0.514. The summed E-state index contributed by atoms with van der Waals surface area (Å²) in [5.41, 5.74) is 1.77. The molecule has 0 N–H and O–H groups in total. The molecular weight excluding hydrogens is 222 g/mol. The molecule has 0 aliphatic carbocycles. The topological polar surface area (TPSA) is 29.0 Å². The van der Waals surface area contributed by atoms with E-state index in [0.717, 1.165) is 29.9 Å². The number of benzene rings is 1. The van der Waals surface area contributed by atoms with Gasteiger partial charge in [-0.15, -0.1) is 0 Å². The molecule has 0 amide bonds. The Morgan fingerprint density at radius 1 is 1.00 bits per heavy atom. The second-order valence-corrected chi connectivity index (χ2v) is 4.38. The van der Waals surface area contributed by atoms with Crippen molar-refractivity contribution >= 4 is 28.5 Å². The molecule has 82 valence electrons. The van der Waals surface area contributed by atoms with Crippen LogP contribution in [0.25, 0.3) is 11.0 Å². The van der Waals surface area contributed by atoms with Gasteiger partial charge in [0.05, 0.1) is 11.0 Å². The summed E-state index contributed by atoms with van der Waals surface area (Å²) >= 11 is 6.17. The monoisotopic (exact) mass is 233 g/mol. The summed E-state index contributed by atoms with van der Waals surface area (Å²) in [6.45, 7) is 2.07. The van der Waals surface area contributed by atoms with Gasteiger partial charge in [0.1, 0.15) is 0 Å². The third-order valence-electron chi connectivity index (χ3n) is 2.92. The van der Waals surface area contributed by atoms with Crippen molar-refractivity contribution in [2.24, 2.45) is 0 Å². The van der Waals surface area contributed by atoms with Crippen LogP contribution in [0.3, 0.4) is 0 Å². The lowest BCUT2D eigenvalue weighted by Gasteiger charge is -2.17. The normalized spacial score (nSPS) is 15.9. The molecule has 1 aromatic heterocycles. The highest BCUT2D eigenvalue weighted by molar-refractivity contribution is 6.32. The fourth-order valence-corrected chi connectivity index (χ4v) is 2.35. The van der Waals surface area contributed by atoms with E-state index in [1.165, 1.54) is 12.8 Å². The maximum atomic E-state index is 6.17. The van der Waals surface area contributed by atoms with Gasteiger partial charge in [0.2, 0.25) is 0 Å². The van der Waals surface area contributed by atoms with E-state index in [4.69, 9.17) is 11.6 Å². The summed E-state index contributed by atoms with van der Waals surface area (Å²) in [6, 6.07) is 7.82. The molecule has 1 aliphatic rings. The van der Waals surface area contributed by atoms with Gasteiger partial charge in [-0.1, -0.05) is 23.7 Å². The zero-order chi connectivity index (χ0) is 11.0. The van der Waals surface area contributed by atoms with Crippen molar-refractivity contribution in [3.8, 4) is 0 Å². The second kappa shape index (κ2) is 3.91. The molecule has 16 heavy (non-hydrogen) atoms.